The zero-order valence-corrected chi connectivity index (χ0v) is 35.1. The first-order valence-corrected chi connectivity index (χ1v) is 23.5. The Morgan fingerprint density at radius 1 is 0.440 bits per heavy atom. The van der Waals surface area contributed by atoms with Crippen molar-refractivity contribution in [1.82, 2.24) is 9.13 Å². The third-order valence-electron chi connectivity index (χ3n) is 12.7. The molecule has 0 amide bonds. The second kappa shape index (κ2) is 13.1. The quantitative estimate of drug-likeness (QED) is 0.121. The van der Waals surface area contributed by atoms with E-state index in [1.807, 2.05) is 0 Å². The van der Waals surface area contributed by atoms with Crippen molar-refractivity contribution in [2.24, 2.45) is 14.1 Å². The highest BCUT2D eigenvalue weighted by Gasteiger charge is 2.43. The van der Waals surface area contributed by atoms with Crippen LogP contribution in [0.25, 0.3) is 54.4 Å². The molecule has 0 bridgehead atoms. The van der Waals surface area contributed by atoms with Crippen molar-refractivity contribution in [1.29, 1.82) is 0 Å². The van der Waals surface area contributed by atoms with Crippen LogP contribution in [-0.4, -0.2) is 25.3 Å². The highest BCUT2D eigenvalue weighted by Crippen LogP contribution is 2.45. The van der Waals surface area contributed by atoms with E-state index >= 15 is 0 Å². The molecule has 0 N–H and O–H groups in total. The summed E-state index contributed by atoms with van der Waals surface area (Å²) >= 11 is 0. The van der Waals surface area contributed by atoms with Crippen LogP contribution in [0.1, 0.15) is 94.2 Å². The molecule has 6 rings (SSSR count). The lowest BCUT2D eigenvalue weighted by Crippen LogP contribution is -2.43. The van der Waals surface area contributed by atoms with Gasteiger partial charge >= 0.3 is 0 Å². The van der Waals surface area contributed by atoms with Crippen molar-refractivity contribution in [3.63, 3.8) is 0 Å². The minimum atomic E-state index is -1.97. The second-order valence-electron chi connectivity index (χ2n) is 16.8. The number of hydrogen-bond acceptors (Lipinski definition) is 0. The molecule has 0 spiro atoms. The molecule has 0 saturated carbocycles. The van der Waals surface area contributed by atoms with Gasteiger partial charge in [0.1, 0.15) is 16.1 Å². The highest BCUT2D eigenvalue weighted by molar-refractivity contribution is 6.91. The molecular formula is C46H58N2Si2. The number of aromatic nitrogens is 2. The number of nitrogens with zero attached hydrogens (tertiary/aromatic N) is 2. The molecule has 260 valence electrons. The van der Waals surface area contributed by atoms with Crippen molar-refractivity contribution in [3.05, 3.63) is 71.8 Å². The van der Waals surface area contributed by atoms with Crippen molar-refractivity contribution < 1.29 is 0 Å². The highest BCUT2D eigenvalue weighted by atomic mass is 28.3. The number of fused-ring (bicyclic) bond motifs is 9. The zero-order valence-electron chi connectivity index (χ0n) is 33.1. The van der Waals surface area contributed by atoms with Crippen molar-refractivity contribution in [3.8, 4) is 22.9 Å². The maximum atomic E-state index is 4.10. The first-order valence-electron chi connectivity index (χ1n) is 19.0. The third-order valence-corrected chi connectivity index (χ3v) is 25.3. The predicted octanol–water partition coefficient (Wildman–Crippen LogP) is 13.3. The van der Waals surface area contributed by atoms with Crippen LogP contribution in [0, 0.1) is 22.9 Å². The number of hydrogen-bond donors (Lipinski definition) is 0. The van der Waals surface area contributed by atoms with Crippen LogP contribution in [0.3, 0.4) is 0 Å². The Morgan fingerprint density at radius 3 is 1.04 bits per heavy atom. The molecule has 2 nitrogen and oxygen atoms in total. The molecule has 0 atom stereocenters. The molecule has 0 aliphatic heterocycles. The van der Waals surface area contributed by atoms with Gasteiger partial charge in [0.15, 0.2) is 0 Å². The van der Waals surface area contributed by atoms with E-state index in [-0.39, 0.29) is 0 Å². The molecular weight excluding hydrogens is 637 g/mol. The predicted molar refractivity (Wildman–Crippen MR) is 228 cm³/mol. The molecule has 0 saturated heterocycles. The summed E-state index contributed by atoms with van der Waals surface area (Å²) in [6.07, 6.45) is 0. The fourth-order valence-electron chi connectivity index (χ4n) is 10.4. The van der Waals surface area contributed by atoms with Gasteiger partial charge in [-0.15, -0.1) is 11.1 Å². The van der Waals surface area contributed by atoms with Gasteiger partial charge in [-0.2, -0.15) is 0 Å². The van der Waals surface area contributed by atoms with Crippen LogP contribution in [-0.2, 0) is 14.1 Å². The lowest BCUT2D eigenvalue weighted by Gasteiger charge is -2.38. The van der Waals surface area contributed by atoms with Gasteiger partial charge in [0.05, 0.1) is 11.0 Å². The summed E-state index contributed by atoms with van der Waals surface area (Å²) in [7, 11) is 0.536. The normalized spacial score (nSPS) is 13.0. The van der Waals surface area contributed by atoms with E-state index in [4.69, 9.17) is 0 Å². The summed E-state index contributed by atoms with van der Waals surface area (Å²) < 4.78 is 4.83. The molecule has 0 radical (unpaired) electrons. The number of para-hydroxylation sites is 2. The molecule has 0 fully saturated rings. The summed E-state index contributed by atoms with van der Waals surface area (Å²) in [5, 5.41) is 7.62. The van der Waals surface area contributed by atoms with E-state index in [0.717, 1.165) is 11.1 Å². The number of benzene rings is 4. The third kappa shape index (κ3) is 5.21. The Kier molecular flexibility index (Phi) is 9.47. The maximum absolute atomic E-state index is 4.10. The summed E-state index contributed by atoms with van der Waals surface area (Å²) in [4.78, 5) is 0. The van der Waals surface area contributed by atoms with Crippen LogP contribution in [0.15, 0.2) is 60.7 Å². The van der Waals surface area contributed by atoms with Gasteiger partial charge < -0.3 is 9.13 Å². The maximum Gasteiger partial charge on any atom is 0.146 e. The SMILES string of the molecule is CC(C)[Si](C#Cc1cc2c(cc(C#C[Si](C(C)C)(C(C)C)C(C)C)c3c4ccccc4n(C)c23)c2c1c1ccccc1n2C)(C(C)C)C(C)C. The second-order valence-corrected chi connectivity index (χ2v) is 28.0. The molecule has 4 heteroatoms. The molecule has 0 aliphatic rings. The fourth-order valence-corrected chi connectivity index (χ4v) is 20.8. The fraction of sp³-hybridized carbons (Fsp3) is 0.435. The average molecular weight is 695 g/mol. The first kappa shape index (κ1) is 36.1. The Hall–Kier alpha value is -3.71. The Balaban J connectivity index is 1.85. The van der Waals surface area contributed by atoms with E-state index in [1.165, 1.54) is 54.4 Å². The molecule has 4 aromatic carbocycles. The standard InChI is InChI=1S/C46H58N2Si2/c1-29(2)49(30(3)4,31(5)6)25-23-35-27-39-40(45-43(35)37-19-15-17-21-41(37)47(45)13)28-36(24-26-50(32(7)8,33(9)10)34(11)12)44-38-20-16-18-22-42(38)48(14)46(39)44/h15-22,27-34H,1-14H3. The van der Waals surface area contributed by atoms with Crippen LogP contribution in [0.2, 0.25) is 33.2 Å². The molecule has 6 aromatic rings. The van der Waals surface area contributed by atoms with Gasteiger partial charge in [-0.05, 0) is 57.5 Å². The van der Waals surface area contributed by atoms with Crippen molar-refractivity contribution >= 4 is 70.5 Å². The summed E-state index contributed by atoms with van der Waals surface area (Å²) in [5.74, 6) is 7.90. The molecule has 2 heterocycles. The molecule has 0 unspecified atom stereocenters. The Labute approximate surface area is 303 Å². The topological polar surface area (TPSA) is 9.86 Å². The van der Waals surface area contributed by atoms with E-state index in [9.17, 15) is 0 Å². The largest absolute Gasteiger partial charge is 0.343 e. The monoisotopic (exact) mass is 694 g/mol. The lowest BCUT2D eigenvalue weighted by molar-refractivity contribution is 0.838. The van der Waals surface area contributed by atoms with Crippen molar-refractivity contribution in [2.75, 3.05) is 0 Å². The van der Waals surface area contributed by atoms with Gasteiger partial charge in [0.2, 0.25) is 0 Å². The minimum Gasteiger partial charge on any atom is -0.343 e. The van der Waals surface area contributed by atoms with Gasteiger partial charge in [-0.25, -0.2) is 0 Å². The van der Waals surface area contributed by atoms with E-state index in [1.54, 1.807) is 0 Å². The summed E-state index contributed by atoms with van der Waals surface area (Å²) in [6, 6.07) is 22.7. The van der Waals surface area contributed by atoms with Crippen LogP contribution in [0.4, 0.5) is 0 Å². The average Bonchev–Trinajstić information content (AvgIpc) is 3.53. The van der Waals surface area contributed by atoms with E-state index < -0.39 is 16.1 Å². The van der Waals surface area contributed by atoms with Crippen molar-refractivity contribution in [2.45, 2.75) is 116 Å². The van der Waals surface area contributed by atoms with Gasteiger partial charge in [0, 0.05) is 68.6 Å². The lowest BCUT2D eigenvalue weighted by atomic mass is 9.95. The zero-order chi connectivity index (χ0) is 36.4. The smallest absolute Gasteiger partial charge is 0.146 e. The number of aryl methyl sites for hydroxylation is 2. The molecule has 0 aliphatic carbocycles. The van der Waals surface area contributed by atoms with Crippen LogP contribution in [0.5, 0.6) is 0 Å². The minimum absolute atomic E-state index is 0.572. The van der Waals surface area contributed by atoms with E-state index in [0.29, 0.717) is 33.2 Å². The summed E-state index contributed by atoms with van der Waals surface area (Å²) in [5.41, 5.74) is 18.9. The Bertz CT molecular complexity index is 2180. The first-order chi connectivity index (χ1) is 23.6. The van der Waals surface area contributed by atoms with Gasteiger partial charge in [-0.3, -0.25) is 0 Å². The number of rotatable bonds is 6. The van der Waals surface area contributed by atoms with Gasteiger partial charge in [-0.1, -0.05) is 131 Å². The molecule has 2 aromatic heterocycles. The van der Waals surface area contributed by atoms with Crippen LogP contribution < -0.4 is 0 Å². The Morgan fingerprint density at radius 2 is 0.740 bits per heavy atom. The summed E-state index contributed by atoms with van der Waals surface area (Å²) in [6.45, 7) is 28.9. The van der Waals surface area contributed by atoms with Gasteiger partial charge in [0.25, 0.3) is 0 Å². The molecule has 50 heavy (non-hydrogen) atoms. The van der Waals surface area contributed by atoms with Crippen LogP contribution >= 0.6 is 0 Å². The van der Waals surface area contributed by atoms with E-state index in [2.05, 4.69) is 190 Å².